The standard InChI is InChI=1S/C21H27ClN2O4S/c1-5-27-17-11-24(10-9-14(17)19(26)28-21(2,3)4)20-23-16(12-29-20)13-7-6-8-15(22)18(13)25/h6-8,12,14,17,25H,5,9-11H2,1-4H3/t14-,17+/m1/s1. The summed E-state index contributed by atoms with van der Waals surface area (Å²) in [6.45, 7) is 9.31. The molecule has 1 fully saturated rings. The number of carbonyl (C=O) groups is 1. The Labute approximate surface area is 180 Å². The molecule has 0 bridgehead atoms. The van der Waals surface area contributed by atoms with Gasteiger partial charge in [-0.2, -0.15) is 0 Å². The first-order chi connectivity index (χ1) is 13.7. The normalized spacial score (nSPS) is 20.0. The number of thiazole rings is 1. The summed E-state index contributed by atoms with van der Waals surface area (Å²) in [5.41, 5.74) is 0.756. The molecule has 0 saturated carbocycles. The molecule has 1 aromatic heterocycles. The quantitative estimate of drug-likeness (QED) is 0.679. The summed E-state index contributed by atoms with van der Waals surface area (Å²) < 4.78 is 11.5. The summed E-state index contributed by atoms with van der Waals surface area (Å²) in [7, 11) is 0. The average molecular weight is 439 g/mol. The van der Waals surface area contributed by atoms with Gasteiger partial charge in [0.05, 0.1) is 22.7 Å². The third kappa shape index (κ3) is 5.21. The Balaban J connectivity index is 1.76. The molecule has 8 heteroatoms. The number of piperidine rings is 1. The van der Waals surface area contributed by atoms with E-state index in [2.05, 4.69) is 9.88 Å². The highest BCUT2D eigenvalue weighted by molar-refractivity contribution is 7.14. The van der Waals surface area contributed by atoms with Gasteiger partial charge in [-0.3, -0.25) is 4.79 Å². The molecule has 0 aliphatic carbocycles. The fourth-order valence-corrected chi connectivity index (χ4v) is 4.41. The van der Waals surface area contributed by atoms with Crippen molar-refractivity contribution < 1.29 is 19.4 Å². The van der Waals surface area contributed by atoms with Crippen LogP contribution in [0.2, 0.25) is 5.02 Å². The van der Waals surface area contributed by atoms with Gasteiger partial charge in [0.1, 0.15) is 11.4 Å². The van der Waals surface area contributed by atoms with Gasteiger partial charge >= 0.3 is 5.97 Å². The number of carbonyl (C=O) groups excluding carboxylic acids is 1. The molecule has 158 valence electrons. The van der Waals surface area contributed by atoms with E-state index in [0.717, 1.165) is 5.13 Å². The van der Waals surface area contributed by atoms with Gasteiger partial charge in [0.15, 0.2) is 5.13 Å². The highest BCUT2D eigenvalue weighted by Gasteiger charge is 2.38. The molecule has 2 aromatic rings. The van der Waals surface area contributed by atoms with Gasteiger partial charge in [-0.1, -0.05) is 17.7 Å². The number of aromatic hydroxyl groups is 1. The molecular formula is C21H27ClN2O4S. The molecule has 2 atom stereocenters. The molecule has 2 heterocycles. The van der Waals surface area contributed by atoms with Crippen molar-refractivity contribution in [3.63, 3.8) is 0 Å². The highest BCUT2D eigenvalue weighted by Crippen LogP contribution is 2.38. The van der Waals surface area contributed by atoms with E-state index < -0.39 is 5.60 Å². The molecule has 0 spiro atoms. The van der Waals surface area contributed by atoms with E-state index in [1.54, 1.807) is 18.2 Å². The third-order valence-electron chi connectivity index (χ3n) is 4.67. The van der Waals surface area contributed by atoms with Crippen LogP contribution < -0.4 is 4.90 Å². The van der Waals surface area contributed by atoms with Gasteiger partial charge in [0.2, 0.25) is 0 Å². The Hall–Kier alpha value is -1.83. The van der Waals surface area contributed by atoms with Crippen molar-refractivity contribution >= 4 is 34.0 Å². The number of rotatable bonds is 5. The van der Waals surface area contributed by atoms with E-state index in [0.29, 0.717) is 42.4 Å². The fourth-order valence-electron chi connectivity index (χ4n) is 3.38. The minimum absolute atomic E-state index is 0.0295. The number of phenols is 1. The number of hydrogen-bond donors (Lipinski definition) is 1. The van der Waals surface area contributed by atoms with Crippen LogP contribution in [-0.2, 0) is 14.3 Å². The van der Waals surface area contributed by atoms with Crippen molar-refractivity contribution in [2.45, 2.75) is 45.8 Å². The second-order valence-corrected chi connectivity index (χ2v) is 9.26. The number of anilines is 1. The molecule has 1 saturated heterocycles. The summed E-state index contributed by atoms with van der Waals surface area (Å²) >= 11 is 7.51. The Morgan fingerprint density at radius 1 is 1.41 bits per heavy atom. The molecule has 0 radical (unpaired) electrons. The zero-order chi connectivity index (χ0) is 21.2. The van der Waals surface area contributed by atoms with Crippen molar-refractivity contribution in [1.82, 2.24) is 4.98 Å². The van der Waals surface area contributed by atoms with Gasteiger partial charge in [-0.05, 0) is 46.2 Å². The fraction of sp³-hybridized carbons (Fsp3) is 0.524. The van der Waals surface area contributed by atoms with Crippen LogP contribution in [0.1, 0.15) is 34.1 Å². The Morgan fingerprint density at radius 2 is 2.17 bits per heavy atom. The van der Waals surface area contributed by atoms with Gasteiger partial charge in [0.25, 0.3) is 0 Å². The molecule has 1 aromatic carbocycles. The van der Waals surface area contributed by atoms with E-state index in [1.165, 1.54) is 11.3 Å². The van der Waals surface area contributed by atoms with Crippen LogP contribution in [0.15, 0.2) is 23.6 Å². The summed E-state index contributed by atoms with van der Waals surface area (Å²) in [6.07, 6.45) is 0.382. The van der Waals surface area contributed by atoms with Gasteiger partial charge in [0, 0.05) is 30.6 Å². The lowest BCUT2D eigenvalue weighted by Crippen LogP contribution is -2.49. The van der Waals surface area contributed by atoms with Crippen LogP contribution in [0.4, 0.5) is 5.13 Å². The summed E-state index contributed by atoms with van der Waals surface area (Å²) in [4.78, 5) is 19.4. The number of ether oxygens (including phenoxy) is 2. The van der Waals surface area contributed by atoms with E-state index in [1.807, 2.05) is 33.1 Å². The SMILES string of the molecule is CCO[C@H]1CN(c2nc(-c3cccc(Cl)c3O)cs2)CC[C@H]1C(=O)OC(C)(C)C. The van der Waals surface area contributed by atoms with E-state index in [9.17, 15) is 9.90 Å². The Kier molecular flexibility index (Phi) is 6.71. The molecule has 29 heavy (non-hydrogen) atoms. The number of phenolic OH excluding ortho intramolecular Hbond substituents is 1. The molecule has 6 nitrogen and oxygen atoms in total. The van der Waals surface area contributed by atoms with E-state index in [4.69, 9.17) is 21.1 Å². The predicted molar refractivity (Wildman–Crippen MR) is 116 cm³/mol. The monoisotopic (exact) mass is 438 g/mol. The Bertz CT molecular complexity index is 865. The van der Waals surface area contributed by atoms with Crippen molar-refractivity contribution in [2.75, 3.05) is 24.6 Å². The lowest BCUT2D eigenvalue weighted by Gasteiger charge is -2.38. The lowest BCUT2D eigenvalue weighted by molar-refractivity contribution is -0.166. The average Bonchev–Trinajstić information content (AvgIpc) is 3.12. The minimum Gasteiger partial charge on any atom is -0.506 e. The van der Waals surface area contributed by atoms with Crippen molar-refractivity contribution in [3.05, 3.63) is 28.6 Å². The second kappa shape index (κ2) is 8.90. The van der Waals surface area contributed by atoms with Crippen LogP contribution >= 0.6 is 22.9 Å². The van der Waals surface area contributed by atoms with Gasteiger partial charge < -0.3 is 19.5 Å². The predicted octanol–water partition coefficient (Wildman–Crippen LogP) is 4.74. The largest absolute Gasteiger partial charge is 0.506 e. The third-order valence-corrected chi connectivity index (χ3v) is 5.88. The van der Waals surface area contributed by atoms with Crippen LogP contribution in [-0.4, -0.2) is 47.5 Å². The van der Waals surface area contributed by atoms with Crippen LogP contribution in [0, 0.1) is 5.92 Å². The zero-order valence-electron chi connectivity index (χ0n) is 17.1. The first kappa shape index (κ1) is 21.9. The van der Waals surface area contributed by atoms with E-state index in [-0.39, 0.29) is 23.7 Å². The number of aromatic nitrogens is 1. The molecule has 1 aliphatic rings. The number of esters is 1. The Morgan fingerprint density at radius 3 is 2.86 bits per heavy atom. The second-order valence-electron chi connectivity index (χ2n) is 8.02. The lowest BCUT2D eigenvalue weighted by atomic mass is 9.93. The zero-order valence-corrected chi connectivity index (χ0v) is 18.7. The number of nitrogens with zero attached hydrogens (tertiary/aromatic N) is 2. The summed E-state index contributed by atoms with van der Waals surface area (Å²) in [5, 5.41) is 13.2. The maximum absolute atomic E-state index is 12.6. The number of para-hydroxylation sites is 1. The smallest absolute Gasteiger partial charge is 0.312 e. The van der Waals surface area contributed by atoms with Crippen molar-refractivity contribution in [2.24, 2.45) is 5.92 Å². The molecule has 1 aliphatic heterocycles. The van der Waals surface area contributed by atoms with Gasteiger partial charge in [-0.25, -0.2) is 4.98 Å². The van der Waals surface area contributed by atoms with Gasteiger partial charge in [-0.15, -0.1) is 11.3 Å². The maximum Gasteiger partial charge on any atom is 0.312 e. The van der Waals surface area contributed by atoms with E-state index >= 15 is 0 Å². The van der Waals surface area contributed by atoms with Crippen LogP contribution in [0.25, 0.3) is 11.3 Å². The van der Waals surface area contributed by atoms with Crippen LogP contribution in [0.3, 0.4) is 0 Å². The number of halogens is 1. The summed E-state index contributed by atoms with van der Waals surface area (Å²) in [5.74, 6) is -0.469. The molecule has 3 rings (SSSR count). The first-order valence-corrected chi connectivity index (χ1v) is 11.0. The van der Waals surface area contributed by atoms with Crippen molar-refractivity contribution in [1.29, 1.82) is 0 Å². The number of hydrogen-bond acceptors (Lipinski definition) is 7. The van der Waals surface area contributed by atoms with Crippen molar-refractivity contribution in [3.8, 4) is 17.0 Å². The number of benzene rings is 1. The molecule has 0 unspecified atom stereocenters. The highest BCUT2D eigenvalue weighted by atomic mass is 35.5. The topological polar surface area (TPSA) is 71.9 Å². The summed E-state index contributed by atoms with van der Waals surface area (Å²) in [6, 6.07) is 5.22. The molecular weight excluding hydrogens is 412 g/mol. The molecule has 0 amide bonds. The first-order valence-electron chi connectivity index (χ1n) is 9.72. The van der Waals surface area contributed by atoms with Crippen LogP contribution in [0.5, 0.6) is 5.75 Å². The molecule has 1 N–H and O–H groups in total. The maximum atomic E-state index is 12.6. The minimum atomic E-state index is -0.520.